The quantitative estimate of drug-likeness (QED) is 0.587. The van der Waals surface area contributed by atoms with Gasteiger partial charge in [0.1, 0.15) is 11.6 Å². The van der Waals surface area contributed by atoms with Crippen molar-refractivity contribution >= 4 is 23.1 Å². The average molecular weight is 385 g/mol. The Labute approximate surface area is 161 Å². The van der Waals surface area contributed by atoms with Crippen molar-refractivity contribution in [1.29, 1.82) is 0 Å². The average Bonchev–Trinajstić information content (AvgIpc) is 2.65. The number of rotatable bonds is 6. The van der Waals surface area contributed by atoms with Crippen LogP contribution < -0.4 is 15.0 Å². The lowest BCUT2D eigenvalue weighted by molar-refractivity contribution is -0.387. The van der Waals surface area contributed by atoms with Crippen LogP contribution in [0.25, 0.3) is 0 Å². The number of ether oxygens (including phenoxy) is 1. The number of nitrogens with one attached hydrogen (secondary N) is 1. The van der Waals surface area contributed by atoms with Gasteiger partial charge in [0.2, 0.25) is 11.8 Å². The largest absolute Gasteiger partial charge is 0.489 e. The van der Waals surface area contributed by atoms with E-state index < -0.39 is 16.4 Å². The molecular weight excluding hydrogens is 365 g/mol. The second-order valence-electron chi connectivity index (χ2n) is 6.47. The van der Waals surface area contributed by atoms with Crippen molar-refractivity contribution in [3.63, 3.8) is 0 Å². The van der Waals surface area contributed by atoms with Crippen molar-refractivity contribution in [1.82, 2.24) is 9.97 Å². The Morgan fingerprint density at radius 2 is 2.14 bits per heavy atom. The van der Waals surface area contributed by atoms with E-state index in [1.54, 1.807) is 20.0 Å². The molecule has 0 atom stereocenters. The number of anilines is 3. The van der Waals surface area contributed by atoms with Crippen molar-refractivity contribution in [2.75, 3.05) is 16.8 Å². The molecule has 3 rings (SSSR count). The first-order chi connectivity index (χ1) is 13.3. The van der Waals surface area contributed by atoms with Gasteiger partial charge in [-0.1, -0.05) is 12.2 Å². The molecule has 1 aliphatic rings. The summed E-state index contributed by atoms with van der Waals surface area (Å²) < 4.78 is 19.6. The van der Waals surface area contributed by atoms with Crippen molar-refractivity contribution in [2.45, 2.75) is 26.9 Å². The molecule has 2 aromatic rings. The smallest absolute Gasteiger partial charge is 0.307 e. The summed E-state index contributed by atoms with van der Waals surface area (Å²) in [6.45, 7) is 6.11. The monoisotopic (exact) mass is 385 g/mol. The second kappa shape index (κ2) is 8.03. The molecule has 0 saturated heterocycles. The Morgan fingerprint density at radius 1 is 1.36 bits per heavy atom. The van der Waals surface area contributed by atoms with Crippen LogP contribution in [0.4, 0.5) is 27.5 Å². The molecule has 0 aliphatic carbocycles. The topological polar surface area (TPSA) is 93.4 Å². The SMILES string of the molecule is Cc1cnc(Nc2cc([N+](=O)[O-])c(F)cc2OC(C)C)nc1N1C=CC=CC1. The van der Waals surface area contributed by atoms with Crippen molar-refractivity contribution in [3.05, 3.63) is 64.3 Å². The number of allylic oxidation sites excluding steroid dienone is 2. The van der Waals surface area contributed by atoms with Crippen LogP contribution in [0, 0.1) is 22.9 Å². The number of nitrogens with zero attached hydrogens (tertiary/aromatic N) is 4. The fourth-order valence-corrected chi connectivity index (χ4v) is 2.66. The van der Waals surface area contributed by atoms with Gasteiger partial charge in [-0.25, -0.2) is 4.98 Å². The Kier molecular flexibility index (Phi) is 5.53. The highest BCUT2D eigenvalue weighted by Crippen LogP contribution is 2.34. The van der Waals surface area contributed by atoms with Crippen LogP contribution in [-0.4, -0.2) is 27.5 Å². The zero-order chi connectivity index (χ0) is 20.3. The van der Waals surface area contributed by atoms with Gasteiger partial charge in [-0.05, 0) is 26.8 Å². The first-order valence-corrected chi connectivity index (χ1v) is 8.70. The number of nitro groups is 1. The van der Waals surface area contributed by atoms with E-state index in [2.05, 4.69) is 15.3 Å². The molecular formula is C19H20FN5O3. The van der Waals surface area contributed by atoms with Gasteiger partial charge in [0.05, 0.1) is 16.7 Å². The molecule has 1 aromatic heterocycles. The Balaban J connectivity index is 1.98. The molecule has 0 amide bonds. The van der Waals surface area contributed by atoms with Gasteiger partial charge in [0, 0.05) is 36.6 Å². The first-order valence-electron chi connectivity index (χ1n) is 8.70. The molecule has 146 valence electrons. The molecule has 0 unspecified atom stereocenters. The van der Waals surface area contributed by atoms with Crippen LogP contribution >= 0.6 is 0 Å². The molecule has 0 spiro atoms. The van der Waals surface area contributed by atoms with E-state index in [1.807, 2.05) is 36.3 Å². The van der Waals surface area contributed by atoms with Crippen LogP contribution in [0.3, 0.4) is 0 Å². The van der Waals surface area contributed by atoms with Crippen molar-refractivity contribution < 1.29 is 14.1 Å². The minimum absolute atomic E-state index is 0.143. The lowest BCUT2D eigenvalue weighted by Gasteiger charge is -2.22. The van der Waals surface area contributed by atoms with Crippen molar-refractivity contribution in [3.8, 4) is 5.75 Å². The highest BCUT2D eigenvalue weighted by Gasteiger charge is 2.21. The summed E-state index contributed by atoms with van der Waals surface area (Å²) in [5, 5.41) is 14.0. The van der Waals surface area contributed by atoms with Gasteiger partial charge in [-0.15, -0.1) is 0 Å². The molecule has 1 aromatic carbocycles. The maximum atomic E-state index is 14.0. The number of benzene rings is 1. The van der Waals surface area contributed by atoms with Crippen LogP contribution in [0.5, 0.6) is 5.75 Å². The number of nitro benzene ring substituents is 1. The molecule has 9 heteroatoms. The number of aromatic nitrogens is 2. The molecule has 2 heterocycles. The van der Waals surface area contributed by atoms with E-state index in [1.165, 1.54) is 0 Å². The van der Waals surface area contributed by atoms with Gasteiger partial charge < -0.3 is 15.0 Å². The Hall–Kier alpha value is -3.49. The normalized spacial score (nSPS) is 13.1. The summed E-state index contributed by atoms with van der Waals surface area (Å²) in [5.74, 6) is 0.0886. The van der Waals surface area contributed by atoms with Gasteiger partial charge in [0.15, 0.2) is 0 Å². The Morgan fingerprint density at radius 3 is 2.79 bits per heavy atom. The number of halogens is 1. The standard InChI is InChI=1S/C19H20FN5O3/c1-12(2)28-17-9-14(20)16(25(26)27)10-15(17)22-19-21-11-13(3)18(23-19)24-7-5-4-6-8-24/h4-7,9-12H,8H2,1-3H3,(H,21,22,23). The minimum Gasteiger partial charge on any atom is -0.489 e. The van der Waals surface area contributed by atoms with E-state index >= 15 is 0 Å². The summed E-state index contributed by atoms with van der Waals surface area (Å²) >= 11 is 0. The maximum absolute atomic E-state index is 14.0. The third-order valence-corrected chi connectivity index (χ3v) is 3.89. The molecule has 0 saturated carbocycles. The van der Waals surface area contributed by atoms with E-state index in [0.29, 0.717) is 12.4 Å². The first kappa shape index (κ1) is 19.3. The highest BCUT2D eigenvalue weighted by molar-refractivity contribution is 5.67. The number of aryl methyl sites for hydroxylation is 1. The fourth-order valence-electron chi connectivity index (χ4n) is 2.66. The van der Waals surface area contributed by atoms with Gasteiger partial charge in [0.25, 0.3) is 0 Å². The molecule has 1 aliphatic heterocycles. The summed E-state index contributed by atoms with van der Waals surface area (Å²) in [6.07, 6.45) is 9.13. The maximum Gasteiger partial charge on any atom is 0.307 e. The zero-order valence-corrected chi connectivity index (χ0v) is 15.7. The van der Waals surface area contributed by atoms with E-state index in [-0.39, 0.29) is 23.5 Å². The molecule has 28 heavy (non-hydrogen) atoms. The van der Waals surface area contributed by atoms with Crippen LogP contribution in [-0.2, 0) is 0 Å². The molecule has 8 nitrogen and oxygen atoms in total. The van der Waals surface area contributed by atoms with Crippen LogP contribution in [0.1, 0.15) is 19.4 Å². The third-order valence-electron chi connectivity index (χ3n) is 3.89. The highest BCUT2D eigenvalue weighted by atomic mass is 19.1. The van der Waals surface area contributed by atoms with Gasteiger partial charge >= 0.3 is 5.69 Å². The molecule has 0 fully saturated rings. The molecule has 0 bridgehead atoms. The van der Waals surface area contributed by atoms with E-state index in [9.17, 15) is 14.5 Å². The summed E-state index contributed by atoms with van der Waals surface area (Å²) in [4.78, 5) is 21.0. The lowest BCUT2D eigenvalue weighted by Crippen LogP contribution is -2.20. The number of hydrogen-bond acceptors (Lipinski definition) is 7. The van der Waals surface area contributed by atoms with Crippen LogP contribution in [0.2, 0.25) is 0 Å². The molecule has 0 radical (unpaired) electrons. The predicted molar refractivity (Wildman–Crippen MR) is 104 cm³/mol. The summed E-state index contributed by atoms with van der Waals surface area (Å²) in [7, 11) is 0. The summed E-state index contributed by atoms with van der Waals surface area (Å²) in [6, 6.07) is 2.08. The minimum atomic E-state index is -0.970. The number of hydrogen-bond donors (Lipinski definition) is 1. The molecule has 1 N–H and O–H groups in total. The van der Waals surface area contributed by atoms with E-state index in [0.717, 1.165) is 17.7 Å². The predicted octanol–water partition coefficient (Wildman–Crippen LogP) is 4.25. The second-order valence-corrected chi connectivity index (χ2v) is 6.47. The fraction of sp³-hybridized carbons (Fsp3) is 0.263. The van der Waals surface area contributed by atoms with Gasteiger partial charge in [-0.3, -0.25) is 10.1 Å². The van der Waals surface area contributed by atoms with E-state index in [4.69, 9.17) is 4.74 Å². The Bertz CT molecular complexity index is 959. The van der Waals surface area contributed by atoms with Gasteiger partial charge in [-0.2, -0.15) is 9.37 Å². The third kappa shape index (κ3) is 4.25. The zero-order valence-electron chi connectivity index (χ0n) is 15.7. The van der Waals surface area contributed by atoms with Crippen molar-refractivity contribution in [2.24, 2.45) is 0 Å². The lowest BCUT2D eigenvalue weighted by atomic mass is 10.2. The van der Waals surface area contributed by atoms with Crippen LogP contribution in [0.15, 0.2) is 42.8 Å². The summed E-state index contributed by atoms with van der Waals surface area (Å²) in [5.41, 5.74) is 0.426.